The summed E-state index contributed by atoms with van der Waals surface area (Å²) in [6.45, 7) is 1.67. The van der Waals surface area contributed by atoms with E-state index in [0.29, 0.717) is 12.8 Å². The van der Waals surface area contributed by atoms with Gasteiger partial charge in [-0.15, -0.1) is 0 Å². The minimum absolute atomic E-state index is 0.231. The van der Waals surface area contributed by atoms with Gasteiger partial charge in [0.2, 0.25) is 5.91 Å². The molecule has 0 aromatic heterocycles. The summed E-state index contributed by atoms with van der Waals surface area (Å²) < 4.78 is 34.3. The molecular weight excluding hydrogens is 1090 g/mol. The van der Waals surface area contributed by atoms with Crippen molar-refractivity contribution in [1.82, 2.24) is 5.32 Å². The van der Waals surface area contributed by atoms with Crippen LogP contribution in [0.4, 0.5) is 0 Å². The lowest BCUT2D eigenvalue weighted by atomic mass is 9.96. The first-order valence-corrected chi connectivity index (χ1v) is 33.7. The van der Waals surface area contributed by atoms with Crippen LogP contribution in [0.2, 0.25) is 0 Å². The fourth-order valence-corrected chi connectivity index (χ4v) is 11.5. The predicted octanol–water partition coefficient (Wildman–Crippen LogP) is 8.05. The fraction of sp³-hybridized carbons (Fsp3) is 0.894. The quantitative estimate of drug-likeness (QED) is 0.0202. The number of hydrogen-bond donors (Lipinski definition) is 12. The summed E-state index contributed by atoms with van der Waals surface area (Å²) in [4.78, 5) is 13.3. The molecule has 3 saturated heterocycles. The van der Waals surface area contributed by atoms with Crippen LogP contribution in [-0.4, -0.2) is 193 Å². The number of carbonyl (C=O) groups is 1. The molecular formula is C66H121NO18. The van der Waals surface area contributed by atoms with Gasteiger partial charge in [-0.2, -0.15) is 0 Å². The van der Waals surface area contributed by atoms with E-state index in [2.05, 4.69) is 55.6 Å². The largest absolute Gasteiger partial charge is 0.394 e. The number of carbonyl (C=O) groups excluding carboxylic acids is 1. The molecule has 17 unspecified atom stereocenters. The first-order valence-electron chi connectivity index (χ1n) is 33.7. The van der Waals surface area contributed by atoms with E-state index in [0.717, 1.165) is 64.2 Å². The number of allylic oxidation sites excluding steroid dienone is 6. The molecule has 3 aliphatic rings. The predicted molar refractivity (Wildman–Crippen MR) is 328 cm³/mol. The van der Waals surface area contributed by atoms with Crippen LogP contribution in [-0.2, 0) is 33.2 Å². The average molecular weight is 1220 g/mol. The molecule has 85 heavy (non-hydrogen) atoms. The van der Waals surface area contributed by atoms with Crippen molar-refractivity contribution in [2.45, 2.75) is 349 Å². The topological polar surface area (TPSA) is 307 Å². The highest BCUT2D eigenvalue weighted by Crippen LogP contribution is 2.33. The van der Waals surface area contributed by atoms with E-state index in [1.807, 2.05) is 0 Å². The molecule has 0 aromatic rings. The number of rotatable bonds is 51. The van der Waals surface area contributed by atoms with Crippen molar-refractivity contribution in [2.24, 2.45) is 0 Å². The van der Waals surface area contributed by atoms with Gasteiger partial charge >= 0.3 is 0 Å². The maximum atomic E-state index is 13.3. The lowest BCUT2D eigenvalue weighted by Gasteiger charge is -2.48. The molecule has 19 nitrogen and oxygen atoms in total. The van der Waals surface area contributed by atoms with Crippen LogP contribution in [0.15, 0.2) is 36.5 Å². The molecule has 12 N–H and O–H groups in total. The molecule has 0 saturated carbocycles. The van der Waals surface area contributed by atoms with Gasteiger partial charge in [0.1, 0.15) is 73.2 Å². The lowest BCUT2D eigenvalue weighted by Crippen LogP contribution is -2.66. The molecule has 0 aromatic carbocycles. The second-order valence-electron chi connectivity index (χ2n) is 24.3. The highest BCUT2D eigenvalue weighted by Gasteiger charge is 2.53. The van der Waals surface area contributed by atoms with Crippen molar-refractivity contribution in [3.8, 4) is 0 Å². The molecule has 19 heteroatoms. The summed E-state index contributed by atoms with van der Waals surface area (Å²) in [5.41, 5.74) is 0. The van der Waals surface area contributed by atoms with Crippen LogP contribution in [0.5, 0.6) is 0 Å². The minimum Gasteiger partial charge on any atom is -0.394 e. The number of unbranched alkanes of at least 4 members (excludes halogenated alkanes) is 29. The van der Waals surface area contributed by atoms with Crippen molar-refractivity contribution >= 4 is 5.91 Å². The van der Waals surface area contributed by atoms with Crippen LogP contribution >= 0.6 is 0 Å². The van der Waals surface area contributed by atoms with E-state index in [4.69, 9.17) is 28.4 Å². The molecule has 3 rings (SSSR count). The van der Waals surface area contributed by atoms with Gasteiger partial charge in [-0.3, -0.25) is 4.79 Å². The van der Waals surface area contributed by atoms with E-state index in [1.54, 1.807) is 0 Å². The van der Waals surface area contributed by atoms with E-state index in [9.17, 15) is 61.0 Å². The van der Waals surface area contributed by atoms with E-state index >= 15 is 0 Å². The monoisotopic (exact) mass is 1220 g/mol. The van der Waals surface area contributed by atoms with Crippen LogP contribution in [0.25, 0.3) is 0 Å². The van der Waals surface area contributed by atoms with Gasteiger partial charge in [0.15, 0.2) is 18.9 Å². The van der Waals surface area contributed by atoms with Gasteiger partial charge in [0, 0.05) is 6.42 Å². The maximum absolute atomic E-state index is 13.3. The van der Waals surface area contributed by atoms with Gasteiger partial charge in [0.05, 0.1) is 38.6 Å². The van der Waals surface area contributed by atoms with Gasteiger partial charge in [0.25, 0.3) is 0 Å². The number of amides is 1. The van der Waals surface area contributed by atoms with E-state index < -0.39 is 124 Å². The Labute approximate surface area is 511 Å². The zero-order valence-corrected chi connectivity index (χ0v) is 52.3. The second-order valence-corrected chi connectivity index (χ2v) is 24.3. The van der Waals surface area contributed by atoms with Crippen molar-refractivity contribution < 1.29 is 89.4 Å². The van der Waals surface area contributed by atoms with Crippen molar-refractivity contribution in [1.29, 1.82) is 0 Å². The minimum atomic E-state index is -1.98. The maximum Gasteiger partial charge on any atom is 0.220 e. The summed E-state index contributed by atoms with van der Waals surface area (Å²) in [6.07, 6.45) is 28.2. The zero-order valence-electron chi connectivity index (χ0n) is 52.3. The molecule has 0 aliphatic carbocycles. The van der Waals surface area contributed by atoms with Crippen LogP contribution < -0.4 is 5.32 Å². The number of nitrogens with one attached hydrogen (secondary N) is 1. The lowest BCUT2D eigenvalue weighted by molar-refractivity contribution is -0.379. The molecule has 0 spiro atoms. The van der Waals surface area contributed by atoms with Gasteiger partial charge in [-0.25, -0.2) is 0 Å². The summed E-state index contributed by atoms with van der Waals surface area (Å²) in [7, 11) is 0. The Morgan fingerprint density at radius 1 is 0.435 bits per heavy atom. The Bertz CT molecular complexity index is 1690. The Hall–Kier alpha value is -1.99. The first kappa shape index (κ1) is 77.3. The molecule has 1 amide bonds. The standard InChI is InChI=1S/C66H121NO18/c1-3-5-7-9-11-13-15-17-18-19-20-21-22-23-24-25-26-27-28-29-30-32-33-35-37-39-41-43-50(71)49(67-54(72)44-42-40-38-36-34-31-16-14-12-10-8-6-4-2)48-80-64-60(78)57(75)62(52(46-69)82-64)85-66-61(79)58(76)63(53(47-70)83-66)84-65-59(77)56(74)55(73)51(45-68)81-65/h6,8,12,14,31,34,49-53,55-66,68-71,73-79H,3-5,7,9-11,13,15-30,32-33,35-48H2,1-2H3,(H,67,72)/b8-6-,14-12-,34-31-. The average Bonchev–Trinajstić information content (AvgIpc) is 3.60. The van der Waals surface area contributed by atoms with Crippen LogP contribution in [0.1, 0.15) is 245 Å². The second kappa shape index (κ2) is 48.8. The Morgan fingerprint density at radius 2 is 0.812 bits per heavy atom. The third kappa shape index (κ3) is 31.5. The Balaban J connectivity index is 1.41. The van der Waals surface area contributed by atoms with E-state index in [1.165, 1.54) is 148 Å². The van der Waals surface area contributed by atoms with Crippen molar-refractivity contribution in [3.63, 3.8) is 0 Å². The molecule has 498 valence electrons. The van der Waals surface area contributed by atoms with Gasteiger partial charge in [-0.05, 0) is 44.9 Å². The number of aliphatic hydroxyl groups excluding tert-OH is 11. The number of aliphatic hydroxyl groups is 11. The highest BCUT2D eigenvalue weighted by atomic mass is 16.8. The van der Waals surface area contributed by atoms with Gasteiger partial charge in [-0.1, -0.05) is 230 Å². The van der Waals surface area contributed by atoms with E-state index in [-0.39, 0.29) is 18.9 Å². The third-order valence-corrected chi connectivity index (χ3v) is 17.0. The van der Waals surface area contributed by atoms with Crippen LogP contribution in [0.3, 0.4) is 0 Å². The summed E-state index contributed by atoms with van der Waals surface area (Å²) in [5, 5.41) is 120. The fourth-order valence-electron chi connectivity index (χ4n) is 11.5. The smallest absolute Gasteiger partial charge is 0.220 e. The van der Waals surface area contributed by atoms with Crippen molar-refractivity contribution in [2.75, 3.05) is 26.4 Å². The Morgan fingerprint density at radius 3 is 1.26 bits per heavy atom. The molecule has 17 atom stereocenters. The van der Waals surface area contributed by atoms with Crippen LogP contribution in [0, 0.1) is 0 Å². The normalized spacial score (nSPS) is 29.2. The summed E-state index contributed by atoms with van der Waals surface area (Å²) in [6, 6.07) is -0.902. The zero-order chi connectivity index (χ0) is 61.9. The molecule has 3 aliphatic heterocycles. The first-order chi connectivity index (χ1) is 41.3. The highest BCUT2D eigenvalue weighted by molar-refractivity contribution is 5.76. The summed E-state index contributed by atoms with van der Waals surface area (Å²) in [5.74, 6) is -0.271. The summed E-state index contributed by atoms with van der Waals surface area (Å²) >= 11 is 0. The van der Waals surface area contributed by atoms with Crippen molar-refractivity contribution in [3.05, 3.63) is 36.5 Å². The molecule has 3 fully saturated rings. The Kier molecular flexibility index (Phi) is 44.4. The molecule has 3 heterocycles. The SMILES string of the molecule is CC/C=C\C/C=C\C/C=C\CCCCCC(=O)NC(COC1OC(CO)C(OC2OC(CO)C(OC3OC(CO)C(O)C(O)C3O)C(O)C2O)C(O)C1O)C(O)CCCCCCCCCCCCCCCCCCCCCCCCCCCCC. The number of hydrogen-bond acceptors (Lipinski definition) is 18. The molecule has 0 bridgehead atoms. The van der Waals surface area contributed by atoms with Gasteiger partial charge < -0.3 is 89.9 Å². The molecule has 0 radical (unpaired) electrons. The third-order valence-electron chi connectivity index (χ3n) is 17.0. The number of ether oxygens (including phenoxy) is 6.